The van der Waals surface area contributed by atoms with E-state index >= 15 is 0 Å². The molecular weight excluding hydrogens is 302 g/mol. The number of carbonyl (C=O) groups excluding carboxylic acids is 2. The van der Waals surface area contributed by atoms with Crippen LogP contribution in [0.3, 0.4) is 0 Å². The van der Waals surface area contributed by atoms with Crippen LogP contribution in [0.2, 0.25) is 0 Å². The third kappa shape index (κ3) is 4.70. The summed E-state index contributed by atoms with van der Waals surface area (Å²) in [5, 5.41) is 11.9. The van der Waals surface area contributed by atoms with E-state index < -0.39 is 29.2 Å². The summed E-state index contributed by atoms with van der Waals surface area (Å²) >= 11 is 0. The summed E-state index contributed by atoms with van der Waals surface area (Å²) in [6.45, 7) is 6.32. The lowest BCUT2D eigenvalue weighted by atomic mass is 9.91. The summed E-state index contributed by atoms with van der Waals surface area (Å²) in [4.78, 5) is 35.2. The molecule has 1 aromatic carbocycles. The minimum atomic E-state index is -1.76. The van der Waals surface area contributed by atoms with Gasteiger partial charge in [-0.25, -0.2) is 14.4 Å². The zero-order valence-corrected chi connectivity index (χ0v) is 13.8. The zero-order chi connectivity index (χ0) is 17.8. The SMILES string of the molecule is COC(=O)c1cccc([C@](C)(NC(=O)OC(C)(C)C)C(=O)O)c1. The highest BCUT2D eigenvalue weighted by molar-refractivity contribution is 5.91. The standard InChI is InChI=1S/C16H21NO6/c1-15(2,3)23-14(21)17-16(4,13(19)20)11-8-6-7-10(9-11)12(18)22-5/h6-9H,1-5H3,(H,17,21)(H,19,20)/t16-/m0/s1. The predicted octanol–water partition coefficient (Wildman–Crippen LogP) is 2.30. The maximum atomic E-state index is 11.9. The molecule has 23 heavy (non-hydrogen) atoms. The Morgan fingerprint density at radius 2 is 1.74 bits per heavy atom. The second-order valence-electron chi connectivity index (χ2n) is 6.13. The Kier molecular flexibility index (Phi) is 5.37. The fourth-order valence-corrected chi connectivity index (χ4v) is 1.83. The van der Waals surface area contributed by atoms with E-state index in [1.54, 1.807) is 20.8 Å². The number of aliphatic carboxylic acids is 1. The first-order chi connectivity index (χ1) is 10.5. The minimum Gasteiger partial charge on any atom is -0.479 e. The van der Waals surface area contributed by atoms with Crippen LogP contribution in [-0.2, 0) is 19.8 Å². The van der Waals surface area contributed by atoms with Crippen molar-refractivity contribution in [3.05, 3.63) is 35.4 Å². The summed E-state index contributed by atoms with van der Waals surface area (Å²) in [5.41, 5.74) is -2.12. The van der Waals surface area contributed by atoms with Gasteiger partial charge in [-0.2, -0.15) is 0 Å². The monoisotopic (exact) mass is 323 g/mol. The maximum Gasteiger partial charge on any atom is 0.408 e. The van der Waals surface area contributed by atoms with E-state index in [4.69, 9.17) is 4.74 Å². The summed E-state index contributed by atoms with van der Waals surface area (Å²) < 4.78 is 9.71. The molecule has 0 aliphatic rings. The number of methoxy groups -OCH3 is 1. The quantitative estimate of drug-likeness (QED) is 0.824. The zero-order valence-electron chi connectivity index (χ0n) is 13.8. The summed E-state index contributed by atoms with van der Waals surface area (Å²) in [7, 11) is 1.23. The van der Waals surface area contributed by atoms with E-state index in [1.807, 2.05) is 0 Å². The Labute approximate surface area is 134 Å². The first kappa shape index (κ1) is 18.5. The summed E-state index contributed by atoms with van der Waals surface area (Å²) in [6, 6.07) is 5.86. The largest absolute Gasteiger partial charge is 0.479 e. The highest BCUT2D eigenvalue weighted by Crippen LogP contribution is 2.23. The number of benzene rings is 1. The Morgan fingerprint density at radius 1 is 1.13 bits per heavy atom. The van der Waals surface area contributed by atoms with Crippen molar-refractivity contribution in [2.45, 2.75) is 38.8 Å². The normalized spacial score (nSPS) is 13.6. The molecule has 0 spiro atoms. The molecule has 0 unspecified atom stereocenters. The second kappa shape index (κ2) is 6.68. The summed E-state index contributed by atoms with van der Waals surface area (Å²) in [6.07, 6.45) is -0.870. The number of nitrogens with one attached hydrogen (secondary N) is 1. The van der Waals surface area contributed by atoms with Crippen molar-refractivity contribution in [2.75, 3.05) is 7.11 Å². The van der Waals surface area contributed by atoms with Crippen molar-refractivity contribution in [3.8, 4) is 0 Å². The van der Waals surface area contributed by atoms with Crippen LogP contribution in [0.25, 0.3) is 0 Å². The van der Waals surface area contributed by atoms with Crippen LogP contribution in [0.15, 0.2) is 24.3 Å². The number of hydrogen-bond acceptors (Lipinski definition) is 5. The lowest BCUT2D eigenvalue weighted by molar-refractivity contribution is -0.144. The average molecular weight is 323 g/mol. The second-order valence-corrected chi connectivity index (χ2v) is 6.13. The van der Waals surface area contributed by atoms with Crippen LogP contribution in [-0.4, -0.2) is 35.8 Å². The highest BCUT2D eigenvalue weighted by Gasteiger charge is 2.38. The van der Waals surface area contributed by atoms with Gasteiger partial charge < -0.3 is 19.9 Å². The highest BCUT2D eigenvalue weighted by atomic mass is 16.6. The number of carboxylic acid groups (broad SMARTS) is 1. The number of esters is 1. The molecule has 0 saturated heterocycles. The van der Waals surface area contributed by atoms with Gasteiger partial charge in [-0.3, -0.25) is 0 Å². The van der Waals surface area contributed by atoms with Gasteiger partial charge in [0.1, 0.15) is 5.60 Å². The van der Waals surface area contributed by atoms with E-state index in [9.17, 15) is 19.5 Å². The van der Waals surface area contributed by atoms with E-state index in [1.165, 1.54) is 38.3 Å². The van der Waals surface area contributed by atoms with E-state index in [0.717, 1.165) is 0 Å². The van der Waals surface area contributed by atoms with Crippen LogP contribution in [0, 0.1) is 0 Å². The molecule has 0 aromatic heterocycles. The fourth-order valence-electron chi connectivity index (χ4n) is 1.83. The predicted molar refractivity (Wildman–Crippen MR) is 82.1 cm³/mol. The van der Waals surface area contributed by atoms with Gasteiger partial charge in [-0.1, -0.05) is 12.1 Å². The van der Waals surface area contributed by atoms with Crippen LogP contribution in [0.4, 0.5) is 4.79 Å². The van der Waals surface area contributed by atoms with Gasteiger partial charge in [0.15, 0.2) is 5.54 Å². The molecule has 0 aliphatic heterocycles. The number of rotatable bonds is 4. The van der Waals surface area contributed by atoms with Crippen molar-refractivity contribution in [1.29, 1.82) is 0 Å². The third-order valence-corrected chi connectivity index (χ3v) is 3.04. The van der Waals surface area contributed by atoms with Crippen molar-refractivity contribution < 1.29 is 29.0 Å². The smallest absolute Gasteiger partial charge is 0.408 e. The fraction of sp³-hybridized carbons (Fsp3) is 0.438. The molecule has 0 bridgehead atoms. The van der Waals surface area contributed by atoms with E-state index in [0.29, 0.717) is 0 Å². The molecule has 1 rings (SSSR count). The van der Waals surface area contributed by atoms with Gasteiger partial charge in [-0.15, -0.1) is 0 Å². The van der Waals surface area contributed by atoms with Crippen LogP contribution in [0.1, 0.15) is 43.6 Å². The third-order valence-electron chi connectivity index (χ3n) is 3.04. The van der Waals surface area contributed by atoms with Gasteiger partial charge in [0, 0.05) is 0 Å². The van der Waals surface area contributed by atoms with Gasteiger partial charge in [-0.05, 0) is 45.4 Å². The van der Waals surface area contributed by atoms with Crippen molar-refractivity contribution in [3.63, 3.8) is 0 Å². The molecule has 7 heteroatoms. The minimum absolute atomic E-state index is 0.184. The van der Waals surface area contributed by atoms with Crippen LogP contribution >= 0.6 is 0 Å². The molecule has 1 amide bonds. The van der Waals surface area contributed by atoms with Crippen molar-refractivity contribution in [1.82, 2.24) is 5.32 Å². The molecule has 0 radical (unpaired) electrons. The Balaban J connectivity index is 3.17. The molecule has 1 atom stereocenters. The topological polar surface area (TPSA) is 102 Å². The molecule has 1 aromatic rings. The molecule has 7 nitrogen and oxygen atoms in total. The van der Waals surface area contributed by atoms with Gasteiger partial charge >= 0.3 is 18.0 Å². The van der Waals surface area contributed by atoms with Crippen molar-refractivity contribution >= 4 is 18.0 Å². The first-order valence-electron chi connectivity index (χ1n) is 6.93. The lowest BCUT2D eigenvalue weighted by Crippen LogP contribution is -2.51. The molecule has 0 aliphatic carbocycles. The van der Waals surface area contributed by atoms with Gasteiger partial charge in [0.2, 0.25) is 0 Å². The lowest BCUT2D eigenvalue weighted by Gasteiger charge is -2.29. The number of carbonyl (C=O) groups is 3. The molecule has 0 heterocycles. The van der Waals surface area contributed by atoms with Crippen LogP contribution in [0.5, 0.6) is 0 Å². The molecule has 0 saturated carbocycles. The molecule has 2 N–H and O–H groups in total. The Morgan fingerprint density at radius 3 is 2.22 bits per heavy atom. The van der Waals surface area contributed by atoms with Crippen molar-refractivity contribution in [2.24, 2.45) is 0 Å². The molecular formula is C16H21NO6. The average Bonchev–Trinajstić information content (AvgIpc) is 2.44. The van der Waals surface area contributed by atoms with Crippen LogP contribution < -0.4 is 5.32 Å². The number of hydrogen-bond donors (Lipinski definition) is 2. The Bertz CT molecular complexity index is 619. The number of alkyl carbamates (subject to hydrolysis) is 1. The molecule has 0 fully saturated rings. The first-order valence-corrected chi connectivity index (χ1v) is 6.93. The Hall–Kier alpha value is -2.57. The maximum absolute atomic E-state index is 11.9. The number of amides is 1. The van der Waals surface area contributed by atoms with E-state index in [-0.39, 0.29) is 11.1 Å². The number of carboxylic acids is 1. The van der Waals surface area contributed by atoms with Gasteiger partial charge in [0.05, 0.1) is 12.7 Å². The number of ether oxygens (including phenoxy) is 2. The molecule has 126 valence electrons. The summed E-state index contributed by atoms with van der Waals surface area (Å²) in [5.74, 6) is -1.89. The van der Waals surface area contributed by atoms with E-state index in [2.05, 4.69) is 10.1 Å². The van der Waals surface area contributed by atoms with Gasteiger partial charge in [0.25, 0.3) is 0 Å².